The van der Waals surface area contributed by atoms with Crippen LogP contribution in [0.4, 0.5) is 5.82 Å². The number of carbonyl (C=O) groups excluding carboxylic acids is 1. The van der Waals surface area contributed by atoms with Crippen LogP contribution in [0.5, 0.6) is 11.5 Å². The number of nitrogens with one attached hydrogen (secondary N) is 1. The summed E-state index contributed by atoms with van der Waals surface area (Å²) < 4.78 is 10.4. The highest BCUT2D eigenvalue weighted by Crippen LogP contribution is 2.34. The maximum atomic E-state index is 11.5. The van der Waals surface area contributed by atoms with E-state index in [0.29, 0.717) is 28.2 Å². The van der Waals surface area contributed by atoms with Gasteiger partial charge in [0.2, 0.25) is 11.2 Å². The van der Waals surface area contributed by atoms with Crippen LogP contribution in [-0.4, -0.2) is 35.8 Å². The van der Waals surface area contributed by atoms with Crippen molar-refractivity contribution in [2.45, 2.75) is 0 Å². The van der Waals surface area contributed by atoms with E-state index >= 15 is 0 Å². The number of nitrogens with zero attached hydrogens (tertiary/aromatic N) is 2. The average Bonchev–Trinajstić information content (AvgIpc) is 2.45. The van der Waals surface area contributed by atoms with Crippen LogP contribution in [0.25, 0.3) is 10.9 Å². The van der Waals surface area contributed by atoms with Crippen molar-refractivity contribution in [3.05, 3.63) is 17.4 Å². The zero-order valence-corrected chi connectivity index (χ0v) is 12.5. The molecule has 6 nitrogen and oxygen atoms in total. The lowest BCUT2D eigenvalue weighted by molar-refractivity contribution is -0.113. The quantitative estimate of drug-likeness (QED) is 0.668. The van der Waals surface area contributed by atoms with Gasteiger partial charge in [-0.05, 0) is 17.7 Å². The highest BCUT2D eigenvalue weighted by molar-refractivity contribution is 7.81. The van der Waals surface area contributed by atoms with Crippen LogP contribution in [-0.2, 0) is 4.79 Å². The standard InChI is InChI=1S/C12H12ClN3O3S/c1-18-8-3-6-7(4-9(8)19-2)14-12(13)16-11(6)15-10(17)5-20/h3-4,20H,5H2,1-2H3,(H,14,15,16,17). The second-order valence-electron chi connectivity index (χ2n) is 3.77. The largest absolute Gasteiger partial charge is 0.493 e. The topological polar surface area (TPSA) is 73.3 Å². The van der Waals surface area contributed by atoms with Crippen LogP contribution < -0.4 is 14.8 Å². The Balaban J connectivity index is 2.64. The molecular weight excluding hydrogens is 302 g/mol. The second-order valence-corrected chi connectivity index (χ2v) is 4.43. The van der Waals surface area contributed by atoms with Gasteiger partial charge in [-0.25, -0.2) is 4.98 Å². The number of fused-ring (bicyclic) bond motifs is 1. The van der Waals surface area contributed by atoms with Crippen LogP contribution in [0.15, 0.2) is 12.1 Å². The number of hydrogen-bond acceptors (Lipinski definition) is 6. The van der Waals surface area contributed by atoms with E-state index in [-0.39, 0.29) is 16.9 Å². The number of anilines is 1. The SMILES string of the molecule is COc1cc2nc(Cl)nc(NC(=O)CS)c2cc1OC. The third-order valence-corrected chi connectivity index (χ3v) is 3.03. The summed E-state index contributed by atoms with van der Waals surface area (Å²) >= 11 is 9.76. The molecule has 8 heteroatoms. The molecule has 0 spiro atoms. The zero-order chi connectivity index (χ0) is 14.7. The Morgan fingerprint density at radius 3 is 2.55 bits per heavy atom. The number of ether oxygens (including phenoxy) is 2. The normalized spacial score (nSPS) is 10.4. The summed E-state index contributed by atoms with van der Waals surface area (Å²) in [5.74, 6) is 1.07. The Hall–Kier alpha value is -1.73. The molecule has 0 aliphatic carbocycles. The van der Waals surface area contributed by atoms with Crippen molar-refractivity contribution in [3.8, 4) is 11.5 Å². The monoisotopic (exact) mass is 313 g/mol. The van der Waals surface area contributed by atoms with Crippen LogP contribution in [0, 0.1) is 0 Å². The fourth-order valence-electron chi connectivity index (χ4n) is 1.69. The van der Waals surface area contributed by atoms with Gasteiger partial charge in [-0.2, -0.15) is 17.6 Å². The van der Waals surface area contributed by atoms with E-state index in [9.17, 15) is 4.79 Å². The molecule has 106 valence electrons. The molecule has 1 aromatic carbocycles. The predicted molar refractivity (Wildman–Crippen MR) is 80.1 cm³/mol. The third-order valence-electron chi connectivity index (χ3n) is 2.58. The van der Waals surface area contributed by atoms with E-state index in [1.54, 1.807) is 12.1 Å². The second kappa shape index (κ2) is 6.15. The zero-order valence-electron chi connectivity index (χ0n) is 10.8. The summed E-state index contributed by atoms with van der Waals surface area (Å²) in [5.41, 5.74) is 0.539. The highest BCUT2D eigenvalue weighted by Gasteiger charge is 2.13. The summed E-state index contributed by atoms with van der Waals surface area (Å²) in [6.07, 6.45) is 0. The molecule has 0 radical (unpaired) electrons. The molecule has 1 heterocycles. The van der Waals surface area contributed by atoms with Gasteiger partial charge in [0.05, 0.1) is 25.5 Å². The fourth-order valence-corrected chi connectivity index (χ4v) is 1.95. The summed E-state index contributed by atoms with van der Waals surface area (Å²) in [6.45, 7) is 0. The van der Waals surface area contributed by atoms with Gasteiger partial charge in [0.25, 0.3) is 0 Å². The summed E-state index contributed by atoms with van der Waals surface area (Å²) in [7, 11) is 3.04. The van der Waals surface area contributed by atoms with Crippen LogP contribution >= 0.6 is 24.2 Å². The number of carbonyl (C=O) groups is 1. The molecule has 1 N–H and O–H groups in total. The molecule has 0 saturated heterocycles. The van der Waals surface area contributed by atoms with Gasteiger partial charge in [0.1, 0.15) is 5.82 Å². The van der Waals surface area contributed by atoms with E-state index in [4.69, 9.17) is 21.1 Å². The van der Waals surface area contributed by atoms with E-state index in [1.165, 1.54) is 14.2 Å². The van der Waals surface area contributed by atoms with Gasteiger partial charge in [-0.1, -0.05) is 0 Å². The van der Waals surface area contributed by atoms with E-state index < -0.39 is 0 Å². The van der Waals surface area contributed by atoms with Gasteiger partial charge in [-0.3, -0.25) is 4.79 Å². The molecule has 1 aromatic heterocycles. The van der Waals surface area contributed by atoms with Crippen molar-refractivity contribution in [2.75, 3.05) is 25.3 Å². The number of benzene rings is 1. The Labute approximate surface area is 125 Å². The highest BCUT2D eigenvalue weighted by atomic mass is 35.5. The Kier molecular flexibility index (Phi) is 4.51. The van der Waals surface area contributed by atoms with Crippen molar-refractivity contribution in [1.29, 1.82) is 0 Å². The van der Waals surface area contributed by atoms with Gasteiger partial charge in [0, 0.05) is 11.5 Å². The third kappa shape index (κ3) is 2.88. The van der Waals surface area contributed by atoms with Crippen molar-refractivity contribution in [3.63, 3.8) is 0 Å². The smallest absolute Gasteiger partial charge is 0.235 e. The number of methoxy groups -OCH3 is 2. The van der Waals surface area contributed by atoms with Crippen LogP contribution in [0.1, 0.15) is 0 Å². The first-order valence-electron chi connectivity index (χ1n) is 5.59. The lowest BCUT2D eigenvalue weighted by Gasteiger charge is -2.11. The first-order valence-corrected chi connectivity index (χ1v) is 6.60. The molecule has 0 saturated carbocycles. The Morgan fingerprint density at radius 2 is 1.95 bits per heavy atom. The van der Waals surface area contributed by atoms with Gasteiger partial charge >= 0.3 is 0 Å². The average molecular weight is 314 g/mol. The van der Waals surface area contributed by atoms with Crippen molar-refractivity contribution in [1.82, 2.24) is 9.97 Å². The lowest BCUT2D eigenvalue weighted by atomic mass is 10.2. The minimum atomic E-state index is -0.292. The molecular formula is C12H12ClN3O3S. The minimum absolute atomic E-state index is 0.0270. The maximum absolute atomic E-state index is 11.5. The van der Waals surface area contributed by atoms with Crippen LogP contribution in [0.2, 0.25) is 5.28 Å². The minimum Gasteiger partial charge on any atom is -0.493 e. The molecule has 0 atom stereocenters. The number of halogens is 1. The van der Waals surface area contributed by atoms with Gasteiger partial charge < -0.3 is 14.8 Å². The van der Waals surface area contributed by atoms with E-state index in [0.717, 1.165) is 0 Å². The number of thiol groups is 1. The molecule has 0 unspecified atom stereocenters. The van der Waals surface area contributed by atoms with E-state index in [1.807, 2.05) is 0 Å². The first-order chi connectivity index (χ1) is 9.58. The number of hydrogen-bond donors (Lipinski definition) is 2. The maximum Gasteiger partial charge on any atom is 0.235 e. The molecule has 0 bridgehead atoms. The number of amides is 1. The molecule has 0 aliphatic rings. The molecule has 2 rings (SSSR count). The summed E-state index contributed by atoms with van der Waals surface area (Å²) in [4.78, 5) is 19.6. The fraction of sp³-hybridized carbons (Fsp3) is 0.250. The number of rotatable bonds is 4. The van der Waals surface area contributed by atoms with Gasteiger partial charge in [-0.15, -0.1) is 0 Å². The molecule has 1 amide bonds. The molecule has 20 heavy (non-hydrogen) atoms. The van der Waals surface area contributed by atoms with Crippen molar-refractivity contribution < 1.29 is 14.3 Å². The first kappa shape index (κ1) is 14.7. The Bertz CT molecular complexity index is 666. The number of aromatic nitrogens is 2. The lowest BCUT2D eigenvalue weighted by Crippen LogP contribution is -2.14. The molecule has 2 aromatic rings. The van der Waals surface area contributed by atoms with Gasteiger partial charge in [0.15, 0.2) is 11.5 Å². The van der Waals surface area contributed by atoms with Crippen LogP contribution in [0.3, 0.4) is 0 Å². The van der Waals surface area contributed by atoms with Crippen molar-refractivity contribution in [2.24, 2.45) is 0 Å². The van der Waals surface area contributed by atoms with Crippen molar-refractivity contribution >= 4 is 46.9 Å². The predicted octanol–water partition coefficient (Wildman–Crippen LogP) is 2.17. The molecule has 0 fully saturated rings. The summed E-state index contributed by atoms with van der Waals surface area (Å²) in [6, 6.07) is 3.34. The van der Waals surface area contributed by atoms with E-state index in [2.05, 4.69) is 27.9 Å². The summed E-state index contributed by atoms with van der Waals surface area (Å²) in [5, 5.41) is 3.24. The Morgan fingerprint density at radius 1 is 1.30 bits per heavy atom. The molecule has 0 aliphatic heterocycles.